The van der Waals surface area contributed by atoms with E-state index in [0.717, 1.165) is 31.6 Å². The number of hydrogen-bond donors (Lipinski definition) is 1. The van der Waals surface area contributed by atoms with E-state index < -0.39 is 17.5 Å². The number of hydrogen-bond acceptors (Lipinski definition) is 8. The third kappa shape index (κ3) is 8.43. The molecule has 1 aromatic heterocycles. The highest BCUT2D eigenvalue weighted by Gasteiger charge is 2.45. The van der Waals surface area contributed by atoms with Crippen LogP contribution in [-0.2, 0) is 4.79 Å². The Labute approximate surface area is 239 Å². The highest BCUT2D eigenvalue weighted by atomic mass is 35.5. The summed E-state index contributed by atoms with van der Waals surface area (Å²) in [5, 5.41) is 12.0. The molecular formula is C26H37Cl2N5O4S. The molecule has 1 fully saturated rings. The number of benzene rings is 1. The Morgan fingerprint density at radius 3 is 2.39 bits per heavy atom. The molecule has 2 amide bonds. The lowest BCUT2D eigenvalue weighted by atomic mass is 9.84. The number of thioether (sulfide) groups is 1. The van der Waals surface area contributed by atoms with Gasteiger partial charge in [-0.05, 0) is 76.4 Å². The molecule has 1 aliphatic rings. The second-order valence-electron chi connectivity index (χ2n) is 10.1. The van der Waals surface area contributed by atoms with Crippen LogP contribution in [0.1, 0.15) is 73.4 Å². The van der Waals surface area contributed by atoms with Gasteiger partial charge in [0, 0.05) is 22.9 Å². The van der Waals surface area contributed by atoms with Gasteiger partial charge < -0.3 is 19.5 Å². The largest absolute Gasteiger partial charge is 0.408 e. The Bertz CT molecular complexity index is 1060. The molecular weight excluding hydrogens is 549 g/mol. The van der Waals surface area contributed by atoms with Gasteiger partial charge in [-0.3, -0.25) is 14.4 Å². The van der Waals surface area contributed by atoms with Crippen molar-refractivity contribution >= 4 is 53.9 Å². The van der Waals surface area contributed by atoms with Crippen LogP contribution >= 0.6 is 35.8 Å². The summed E-state index contributed by atoms with van der Waals surface area (Å²) in [7, 11) is 3.95. The number of Topliss-reactive ketones (excluding diaryl/α,β-unsaturated/α-hetero) is 1. The zero-order valence-corrected chi connectivity index (χ0v) is 24.7. The Morgan fingerprint density at radius 1 is 1.16 bits per heavy atom. The van der Waals surface area contributed by atoms with Crippen LogP contribution in [0.2, 0.25) is 5.02 Å². The van der Waals surface area contributed by atoms with E-state index in [1.807, 2.05) is 32.8 Å². The number of ketones is 1. The number of aromatic nitrogens is 2. The molecule has 1 unspecified atom stereocenters. The molecule has 1 saturated carbocycles. The van der Waals surface area contributed by atoms with E-state index >= 15 is 0 Å². The maximum absolute atomic E-state index is 13.7. The van der Waals surface area contributed by atoms with Crippen LogP contribution in [0, 0.1) is 5.92 Å². The summed E-state index contributed by atoms with van der Waals surface area (Å²) < 4.78 is 5.70. The number of amides is 2. The molecule has 0 spiro atoms. The third-order valence-electron chi connectivity index (χ3n) is 6.46. The highest BCUT2D eigenvalue weighted by molar-refractivity contribution is 7.99. The van der Waals surface area contributed by atoms with Crippen molar-refractivity contribution in [3.05, 3.63) is 40.7 Å². The molecule has 0 bridgehead atoms. The molecule has 1 atom stereocenters. The zero-order valence-electron chi connectivity index (χ0n) is 22.3. The van der Waals surface area contributed by atoms with Gasteiger partial charge in [-0.25, -0.2) is 0 Å². The summed E-state index contributed by atoms with van der Waals surface area (Å²) in [5.41, 5.74) is -0.571. The van der Waals surface area contributed by atoms with Gasteiger partial charge in [0.2, 0.25) is 12.2 Å². The van der Waals surface area contributed by atoms with Gasteiger partial charge >= 0.3 is 0 Å². The fourth-order valence-electron chi connectivity index (χ4n) is 4.56. The van der Waals surface area contributed by atoms with Crippen molar-refractivity contribution in [2.75, 3.05) is 26.4 Å². The van der Waals surface area contributed by atoms with Crippen molar-refractivity contribution < 1.29 is 18.8 Å². The van der Waals surface area contributed by atoms with E-state index in [2.05, 4.69) is 15.5 Å². The molecule has 3 rings (SSSR count). The summed E-state index contributed by atoms with van der Waals surface area (Å²) in [6, 6.07) is 5.72. The van der Waals surface area contributed by atoms with Crippen LogP contribution < -0.4 is 5.32 Å². The lowest BCUT2D eigenvalue weighted by molar-refractivity contribution is -0.129. The van der Waals surface area contributed by atoms with Crippen molar-refractivity contribution in [1.29, 1.82) is 0 Å². The number of nitrogens with one attached hydrogen (secondary N) is 1. The van der Waals surface area contributed by atoms with Crippen molar-refractivity contribution in [3.8, 4) is 0 Å². The van der Waals surface area contributed by atoms with E-state index in [9.17, 15) is 14.4 Å². The minimum Gasteiger partial charge on any atom is -0.408 e. The van der Waals surface area contributed by atoms with Crippen molar-refractivity contribution in [1.82, 2.24) is 25.3 Å². The fraction of sp³-hybridized carbons (Fsp3) is 0.577. The van der Waals surface area contributed by atoms with Crippen LogP contribution in [0.4, 0.5) is 0 Å². The first-order chi connectivity index (χ1) is 17.6. The molecule has 0 radical (unpaired) electrons. The van der Waals surface area contributed by atoms with E-state index in [4.69, 9.17) is 16.0 Å². The Kier molecular flexibility index (Phi) is 12.5. The molecule has 9 nitrogen and oxygen atoms in total. The number of halogens is 2. The Hall–Kier alpha value is -2.14. The van der Waals surface area contributed by atoms with Crippen LogP contribution in [0.15, 0.2) is 33.9 Å². The fourth-order valence-corrected chi connectivity index (χ4v) is 5.55. The smallest absolute Gasteiger partial charge is 0.286 e. The SMILES string of the molecule is CC(C)CC(C(=O)c1nnc(SCCN(C)C)o1)N(C=O)C1(NC(=O)c2ccc(Cl)cc2)CCCCC1.Cl. The average Bonchev–Trinajstić information content (AvgIpc) is 3.33. The summed E-state index contributed by atoms with van der Waals surface area (Å²) >= 11 is 7.37. The van der Waals surface area contributed by atoms with Crippen LogP contribution in [0.3, 0.4) is 0 Å². The maximum Gasteiger partial charge on any atom is 0.286 e. The minimum absolute atomic E-state index is 0. The minimum atomic E-state index is -1.00. The van der Waals surface area contributed by atoms with Gasteiger partial charge in [-0.2, -0.15) is 0 Å². The quantitative estimate of drug-likeness (QED) is 0.152. The van der Waals surface area contributed by atoms with Crippen LogP contribution in [-0.4, -0.2) is 76.2 Å². The monoisotopic (exact) mass is 585 g/mol. The van der Waals surface area contributed by atoms with Crippen LogP contribution in [0.5, 0.6) is 0 Å². The van der Waals surface area contributed by atoms with Crippen LogP contribution in [0.25, 0.3) is 0 Å². The van der Waals surface area contributed by atoms with Crippen molar-refractivity contribution in [2.24, 2.45) is 5.92 Å². The number of rotatable bonds is 13. The molecule has 1 heterocycles. The standard InChI is InChI=1S/C26H36ClN5O4S.ClH/c1-18(2)16-21(22(34)24-29-30-25(36-24)37-15-14-31(3)4)32(17-33)26(12-6-5-7-13-26)28-23(35)19-8-10-20(27)11-9-19;/h8-11,17-18,21H,5-7,12-16H2,1-4H3,(H,28,35);1H. The lowest BCUT2D eigenvalue weighted by Gasteiger charge is -2.48. The molecule has 1 N–H and O–H groups in total. The van der Waals surface area contributed by atoms with Gasteiger partial charge in [-0.15, -0.1) is 22.6 Å². The highest BCUT2D eigenvalue weighted by Crippen LogP contribution is 2.35. The molecule has 210 valence electrons. The summed E-state index contributed by atoms with van der Waals surface area (Å²) in [6.45, 7) is 4.79. The summed E-state index contributed by atoms with van der Waals surface area (Å²) in [5.74, 6) is -0.0314. The van der Waals surface area contributed by atoms with Gasteiger partial charge in [0.15, 0.2) is 0 Å². The Balaban J connectivity index is 0.00000507. The molecule has 1 aromatic carbocycles. The van der Waals surface area contributed by atoms with Crippen molar-refractivity contribution in [2.45, 2.75) is 69.3 Å². The molecule has 0 saturated heterocycles. The second-order valence-corrected chi connectivity index (χ2v) is 11.6. The molecule has 0 aliphatic heterocycles. The molecule has 38 heavy (non-hydrogen) atoms. The normalized spacial score (nSPS) is 15.6. The van der Waals surface area contributed by atoms with E-state index in [1.165, 1.54) is 16.7 Å². The van der Waals surface area contributed by atoms with Gasteiger partial charge in [0.05, 0.1) is 0 Å². The van der Waals surface area contributed by atoms with Gasteiger partial charge in [0.25, 0.3) is 17.0 Å². The maximum atomic E-state index is 13.7. The lowest BCUT2D eigenvalue weighted by Crippen LogP contribution is -2.65. The zero-order chi connectivity index (χ0) is 27.0. The number of nitrogens with zero attached hydrogens (tertiary/aromatic N) is 4. The molecule has 12 heteroatoms. The second kappa shape index (κ2) is 14.9. The average molecular weight is 587 g/mol. The predicted octanol–water partition coefficient (Wildman–Crippen LogP) is 4.94. The molecule has 1 aliphatic carbocycles. The first-order valence-electron chi connectivity index (χ1n) is 12.6. The molecule has 2 aromatic rings. The van der Waals surface area contributed by atoms with E-state index in [-0.39, 0.29) is 30.1 Å². The number of carbonyl (C=O) groups is 3. The number of carbonyl (C=O) groups excluding carboxylic acids is 3. The summed E-state index contributed by atoms with van der Waals surface area (Å²) in [6.07, 6.45) is 4.79. The van der Waals surface area contributed by atoms with E-state index in [0.29, 0.717) is 41.5 Å². The van der Waals surface area contributed by atoms with Gasteiger partial charge in [0.1, 0.15) is 11.7 Å². The van der Waals surface area contributed by atoms with Gasteiger partial charge in [-0.1, -0.05) is 43.6 Å². The van der Waals surface area contributed by atoms with E-state index in [1.54, 1.807) is 24.3 Å². The topological polar surface area (TPSA) is 109 Å². The Morgan fingerprint density at radius 2 is 1.82 bits per heavy atom. The van der Waals surface area contributed by atoms with Crippen molar-refractivity contribution in [3.63, 3.8) is 0 Å². The first-order valence-corrected chi connectivity index (χ1v) is 14.0. The summed E-state index contributed by atoms with van der Waals surface area (Å²) in [4.78, 5) is 43.2. The third-order valence-corrected chi connectivity index (χ3v) is 7.51. The predicted molar refractivity (Wildman–Crippen MR) is 151 cm³/mol. The first kappa shape index (κ1) is 32.1.